The lowest BCUT2D eigenvalue weighted by molar-refractivity contribution is -0.203. The van der Waals surface area contributed by atoms with Crippen molar-refractivity contribution in [1.82, 2.24) is 0 Å². The molecule has 2 fully saturated rings. The van der Waals surface area contributed by atoms with E-state index in [0.29, 0.717) is 18.8 Å². The van der Waals surface area contributed by atoms with Gasteiger partial charge in [-0.1, -0.05) is 27.2 Å². The monoisotopic (exact) mass is 276 g/mol. The Kier molecular flexibility index (Phi) is 4.51. The van der Waals surface area contributed by atoms with Gasteiger partial charge in [-0.05, 0) is 18.3 Å². The van der Waals surface area contributed by atoms with E-state index >= 15 is 0 Å². The molecule has 2 aliphatic carbocycles. The van der Waals surface area contributed by atoms with E-state index in [0.717, 1.165) is 6.42 Å². The molecule has 0 aliphatic heterocycles. The normalized spacial score (nSPS) is 42.2. The fourth-order valence-corrected chi connectivity index (χ4v) is 3.62. The number of alkyl halides is 2. The highest BCUT2D eigenvalue weighted by Gasteiger charge is 2.47. The van der Waals surface area contributed by atoms with E-state index in [1.807, 2.05) is 6.92 Å². The molecule has 0 aromatic carbocycles. The fourth-order valence-electron chi connectivity index (χ4n) is 3.62. The third-order valence-electron chi connectivity index (χ3n) is 4.90. The van der Waals surface area contributed by atoms with Crippen molar-refractivity contribution in [3.63, 3.8) is 0 Å². The zero-order valence-corrected chi connectivity index (χ0v) is 12.1. The van der Waals surface area contributed by atoms with Crippen LogP contribution < -0.4 is 0 Å². The first-order chi connectivity index (χ1) is 8.84. The van der Waals surface area contributed by atoms with Crippen LogP contribution in [0.5, 0.6) is 0 Å². The Labute approximate surface area is 114 Å². The lowest BCUT2D eigenvalue weighted by Crippen LogP contribution is -2.53. The molecular formula is C15H26F2O2. The Bertz CT molecular complexity index is 302. The summed E-state index contributed by atoms with van der Waals surface area (Å²) in [5.74, 6) is -1.90. The van der Waals surface area contributed by atoms with Gasteiger partial charge >= 0.3 is 0 Å². The van der Waals surface area contributed by atoms with Crippen LogP contribution in [-0.2, 0) is 4.74 Å². The quantitative estimate of drug-likeness (QED) is 0.849. The molecule has 5 atom stereocenters. The van der Waals surface area contributed by atoms with Crippen molar-refractivity contribution in [3.05, 3.63) is 0 Å². The van der Waals surface area contributed by atoms with E-state index in [1.54, 1.807) is 0 Å². The predicted octanol–water partition coefficient (Wildman–Crippen LogP) is 3.62. The molecule has 0 saturated heterocycles. The summed E-state index contributed by atoms with van der Waals surface area (Å²) >= 11 is 0. The third-order valence-corrected chi connectivity index (χ3v) is 4.90. The van der Waals surface area contributed by atoms with Crippen LogP contribution in [0.2, 0.25) is 0 Å². The van der Waals surface area contributed by atoms with Crippen LogP contribution in [-0.4, -0.2) is 29.3 Å². The molecule has 2 nitrogen and oxygen atoms in total. The summed E-state index contributed by atoms with van der Waals surface area (Å²) in [6.45, 7) is 6.15. The van der Waals surface area contributed by atoms with Crippen molar-refractivity contribution in [2.45, 2.75) is 77.1 Å². The number of ether oxygens (including phenoxy) is 1. The van der Waals surface area contributed by atoms with Crippen molar-refractivity contribution in [1.29, 1.82) is 0 Å². The van der Waals surface area contributed by atoms with Crippen LogP contribution in [0.4, 0.5) is 8.78 Å². The largest absolute Gasteiger partial charge is 0.393 e. The number of rotatable bonds is 4. The van der Waals surface area contributed by atoms with Gasteiger partial charge in [-0.15, -0.1) is 0 Å². The predicted molar refractivity (Wildman–Crippen MR) is 70.2 cm³/mol. The van der Waals surface area contributed by atoms with Crippen LogP contribution in [0.3, 0.4) is 0 Å². The Balaban J connectivity index is 1.96. The van der Waals surface area contributed by atoms with Crippen LogP contribution in [0.15, 0.2) is 0 Å². The number of hydrogen-bond donors (Lipinski definition) is 1. The zero-order valence-electron chi connectivity index (χ0n) is 12.1. The first-order valence-electron chi connectivity index (χ1n) is 7.55. The molecule has 19 heavy (non-hydrogen) atoms. The average molecular weight is 276 g/mol. The Hall–Kier alpha value is -0.220. The number of aliphatic hydroxyl groups is 1. The Morgan fingerprint density at radius 1 is 1.32 bits per heavy atom. The highest BCUT2D eigenvalue weighted by Crippen LogP contribution is 2.43. The number of hydrogen-bond acceptors (Lipinski definition) is 2. The minimum Gasteiger partial charge on any atom is -0.393 e. The maximum atomic E-state index is 13.5. The second-order valence-corrected chi connectivity index (χ2v) is 6.60. The first-order valence-corrected chi connectivity index (χ1v) is 7.55. The summed E-state index contributed by atoms with van der Waals surface area (Å²) in [4.78, 5) is 0. The molecule has 0 bridgehead atoms. The van der Waals surface area contributed by atoms with Crippen LogP contribution >= 0.6 is 0 Å². The van der Waals surface area contributed by atoms with Gasteiger partial charge in [0, 0.05) is 25.2 Å². The highest BCUT2D eigenvalue weighted by molar-refractivity contribution is 4.94. The lowest BCUT2D eigenvalue weighted by Gasteiger charge is -2.47. The smallest absolute Gasteiger partial charge is 0.250 e. The summed E-state index contributed by atoms with van der Waals surface area (Å²) in [5, 5.41) is 9.78. The highest BCUT2D eigenvalue weighted by atomic mass is 19.3. The molecule has 4 heteroatoms. The Morgan fingerprint density at radius 3 is 2.53 bits per heavy atom. The second-order valence-electron chi connectivity index (χ2n) is 6.60. The molecule has 0 spiro atoms. The van der Waals surface area contributed by atoms with E-state index in [1.165, 1.54) is 0 Å². The molecule has 0 heterocycles. The number of aliphatic hydroxyl groups excluding tert-OH is 1. The van der Waals surface area contributed by atoms with E-state index in [9.17, 15) is 13.9 Å². The molecule has 2 rings (SSSR count). The molecule has 1 unspecified atom stereocenters. The lowest BCUT2D eigenvalue weighted by atomic mass is 9.71. The maximum absolute atomic E-state index is 13.5. The summed E-state index contributed by atoms with van der Waals surface area (Å²) < 4.78 is 33.0. The van der Waals surface area contributed by atoms with Gasteiger partial charge in [-0.3, -0.25) is 0 Å². The summed E-state index contributed by atoms with van der Waals surface area (Å²) in [6.07, 6.45) is 1.18. The van der Waals surface area contributed by atoms with Crippen molar-refractivity contribution in [3.8, 4) is 0 Å². The zero-order chi connectivity index (χ0) is 14.2. The SMILES string of the molecule is CC[C@H]1CCC(F)(F)C[C@@H]1OC1C[C@H](O)[C@H]1C(C)C. The standard InChI is InChI=1S/C15H26F2O2/c1-4-10-5-6-15(16,17)8-13(10)19-12-7-11(18)14(12)9(2)3/h9-14,18H,4-8H2,1-3H3/t10-,11-,12?,13-,14+/m0/s1. The van der Waals surface area contributed by atoms with Crippen molar-refractivity contribution >= 4 is 0 Å². The van der Waals surface area contributed by atoms with Gasteiger partial charge in [-0.25, -0.2) is 8.78 Å². The molecular weight excluding hydrogens is 250 g/mol. The first kappa shape index (κ1) is 15.2. The molecule has 112 valence electrons. The van der Waals surface area contributed by atoms with E-state index in [2.05, 4.69) is 13.8 Å². The summed E-state index contributed by atoms with van der Waals surface area (Å²) in [5.41, 5.74) is 0. The molecule has 2 aliphatic rings. The third kappa shape index (κ3) is 3.27. The minimum atomic E-state index is -2.58. The van der Waals surface area contributed by atoms with Gasteiger partial charge in [0.2, 0.25) is 0 Å². The van der Waals surface area contributed by atoms with E-state index in [-0.39, 0.29) is 43.0 Å². The summed E-state index contributed by atoms with van der Waals surface area (Å²) in [7, 11) is 0. The molecule has 2 saturated carbocycles. The summed E-state index contributed by atoms with van der Waals surface area (Å²) in [6, 6.07) is 0. The molecule has 0 aromatic heterocycles. The van der Waals surface area contributed by atoms with E-state index in [4.69, 9.17) is 4.74 Å². The fraction of sp³-hybridized carbons (Fsp3) is 1.00. The maximum Gasteiger partial charge on any atom is 0.250 e. The van der Waals surface area contributed by atoms with E-state index < -0.39 is 5.92 Å². The molecule has 0 aromatic rings. The van der Waals surface area contributed by atoms with Crippen LogP contribution in [0.1, 0.15) is 52.9 Å². The molecule has 0 radical (unpaired) electrons. The topological polar surface area (TPSA) is 29.5 Å². The van der Waals surface area contributed by atoms with Crippen molar-refractivity contribution in [2.75, 3.05) is 0 Å². The van der Waals surface area contributed by atoms with Gasteiger partial charge in [0.25, 0.3) is 5.92 Å². The van der Waals surface area contributed by atoms with Gasteiger partial charge in [0.15, 0.2) is 0 Å². The average Bonchev–Trinajstić information content (AvgIpc) is 2.26. The second kappa shape index (κ2) is 5.65. The van der Waals surface area contributed by atoms with Gasteiger partial charge in [-0.2, -0.15) is 0 Å². The van der Waals surface area contributed by atoms with Crippen molar-refractivity contribution < 1.29 is 18.6 Å². The minimum absolute atomic E-state index is 0.00767. The van der Waals surface area contributed by atoms with Crippen LogP contribution in [0, 0.1) is 17.8 Å². The van der Waals surface area contributed by atoms with Crippen molar-refractivity contribution in [2.24, 2.45) is 17.8 Å². The molecule has 0 amide bonds. The Morgan fingerprint density at radius 2 is 2.00 bits per heavy atom. The number of halogens is 2. The van der Waals surface area contributed by atoms with Crippen LogP contribution in [0.25, 0.3) is 0 Å². The van der Waals surface area contributed by atoms with Gasteiger partial charge in [0.05, 0.1) is 18.3 Å². The van der Waals surface area contributed by atoms with Gasteiger partial charge < -0.3 is 9.84 Å². The molecule has 1 N–H and O–H groups in total. The van der Waals surface area contributed by atoms with Gasteiger partial charge in [0.1, 0.15) is 0 Å².